The number of carboxylic acids is 1. The third-order valence-corrected chi connectivity index (χ3v) is 3.57. The lowest BCUT2D eigenvalue weighted by Gasteiger charge is -2.51. The number of amides is 1. The molecule has 1 amide bonds. The SMILES string of the molecule is CC1(C)CC(NC(=O)CCC(=O)O)CC(C)(C)N1O. The van der Waals surface area contributed by atoms with Crippen molar-refractivity contribution in [2.45, 2.75) is 70.5 Å². The number of carbonyl (C=O) groups excluding carboxylic acids is 1. The third-order valence-electron chi connectivity index (χ3n) is 3.57. The summed E-state index contributed by atoms with van der Waals surface area (Å²) < 4.78 is 0. The van der Waals surface area contributed by atoms with Crippen molar-refractivity contribution in [1.82, 2.24) is 10.4 Å². The van der Waals surface area contributed by atoms with Gasteiger partial charge in [-0.25, -0.2) is 0 Å². The Morgan fingerprint density at radius 1 is 1.16 bits per heavy atom. The van der Waals surface area contributed by atoms with Crippen LogP contribution in [0.15, 0.2) is 0 Å². The molecule has 1 fully saturated rings. The van der Waals surface area contributed by atoms with E-state index in [0.717, 1.165) is 0 Å². The van der Waals surface area contributed by atoms with Crippen LogP contribution in [0.5, 0.6) is 0 Å². The molecule has 6 heteroatoms. The zero-order valence-electron chi connectivity index (χ0n) is 12.1. The molecule has 3 N–H and O–H groups in total. The van der Waals surface area contributed by atoms with Crippen molar-refractivity contribution >= 4 is 11.9 Å². The lowest BCUT2D eigenvalue weighted by atomic mass is 9.79. The summed E-state index contributed by atoms with van der Waals surface area (Å²) in [5.41, 5.74) is -0.848. The molecule has 0 aromatic carbocycles. The fraction of sp³-hybridized carbons (Fsp3) is 0.846. The number of hydrogen-bond acceptors (Lipinski definition) is 4. The summed E-state index contributed by atoms with van der Waals surface area (Å²) in [7, 11) is 0. The zero-order chi connectivity index (χ0) is 14.8. The van der Waals surface area contributed by atoms with Crippen LogP contribution < -0.4 is 5.32 Å². The van der Waals surface area contributed by atoms with Crippen LogP contribution in [-0.4, -0.2) is 44.4 Å². The second kappa shape index (κ2) is 5.46. The van der Waals surface area contributed by atoms with E-state index >= 15 is 0 Å². The molecule has 1 rings (SSSR count). The molecule has 6 nitrogen and oxygen atoms in total. The lowest BCUT2D eigenvalue weighted by molar-refractivity contribution is -0.246. The highest BCUT2D eigenvalue weighted by Gasteiger charge is 2.45. The van der Waals surface area contributed by atoms with E-state index in [0.29, 0.717) is 12.8 Å². The summed E-state index contributed by atoms with van der Waals surface area (Å²) in [5, 5.41) is 22.9. The maximum atomic E-state index is 11.7. The molecular weight excluding hydrogens is 248 g/mol. The first kappa shape index (κ1) is 15.9. The van der Waals surface area contributed by atoms with Crippen LogP contribution in [0.1, 0.15) is 53.4 Å². The monoisotopic (exact) mass is 272 g/mol. The Morgan fingerprint density at radius 3 is 2.05 bits per heavy atom. The summed E-state index contributed by atoms with van der Waals surface area (Å²) in [4.78, 5) is 22.1. The van der Waals surface area contributed by atoms with Crippen molar-refractivity contribution in [3.05, 3.63) is 0 Å². The first-order valence-electron chi connectivity index (χ1n) is 6.55. The normalized spacial score (nSPS) is 23.0. The second-order valence-electron chi connectivity index (χ2n) is 6.50. The Morgan fingerprint density at radius 2 is 1.63 bits per heavy atom. The topological polar surface area (TPSA) is 89.9 Å². The van der Waals surface area contributed by atoms with Gasteiger partial charge in [-0.15, -0.1) is 0 Å². The number of nitrogens with zero attached hydrogens (tertiary/aromatic N) is 1. The fourth-order valence-corrected chi connectivity index (χ4v) is 2.89. The molecule has 0 atom stereocenters. The zero-order valence-corrected chi connectivity index (χ0v) is 12.1. The highest BCUT2D eigenvalue weighted by atomic mass is 16.5. The van der Waals surface area contributed by atoms with Crippen LogP contribution in [0.2, 0.25) is 0 Å². The average molecular weight is 272 g/mol. The molecule has 0 bridgehead atoms. The summed E-state index contributed by atoms with van der Waals surface area (Å²) in [6.07, 6.45) is 1.10. The van der Waals surface area contributed by atoms with Gasteiger partial charge in [-0.1, -0.05) is 0 Å². The van der Waals surface area contributed by atoms with Crippen molar-refractivity contribution in [3.63, 3.8) is 0 Å². The quantitative estimate of drug-likeness (QED) is 0.719. The van der Waals surface area contributed by atoms with E-state index in [4.69, 9.17) is 5.11 Å². The van der Waals surface area contributed by atoms with Crippen LogP contribution in [0.4, 0.5) is 0 Å². The van der Waals surface area contributed by atoms with Crippen molar-refractivity contribution in [1.29, 1.82) is 0 Å². The molecule has 1 heterocycles. The minimum Gasteiger partial charge on any atom is -0.481 e. The number of carboxylic acid groups (broad SMARTS) is 1. The Labute approximate surface area is 113 Å². The Kier molecular flexibility index (Phi) is 4.58. The summed E-state index contributed by atoms with van der Waals surface area (Å²) in [6.45, 7) is 7.68. The van der Waals surface area contributed by atoms with Crippen LogP contribution in [0.25, 0.3) is 0 Å². The molecule has 0 saturated carbocycles. The number of rotatable bonds is 4. The van der Waals surface area contributed by atoms with Crippen LogP contribution in [0, 0.1) is 0 Å². The number of piperidine rings is 1. The van der Waals surface area contributed by atoms with E-state index in [-0.39, 0.29) is 24.8 Å². The van der Waals surface area contributed by atoms with Crippen molar-refractivity contribution < 1.29 is 19.9 Å². The van der Waals surface area contributed by atoms with Crippen molar-refractivity contribution in [2.24, 2.45) is 0 Å². The maximum absolute atomic E-state index is 11.7. The Bertz CT molecular complexity index is 348. The van der Waals surface area contributed by atoms with Crippen molar-refractivity contribution in [3.8, 4) is 0 Å². The van der Waals surface area contributed by atoms with Gasteiger partial charge in [0.15, 0.2) is 0 Å². The average Bonchev–Trinajstić information content (AvgIpc) is 2.22. The molecule has 0 radical (unpaired) electrons. The van der Waals surface area contributed by atoms with Gasteiger partial charge >= 0.3 is 5.97 Å². The Hall–Kier alpha value is -1.14. The standard InChI is InChI=1S/C13H24N2O4/c1-12(2)7-9(8-13(3,4)15(12)19)14-10(16)5-6-11(17)18/h9,19H,5-8H2,1-4H3,(H,14,16)(H,17,18). The van der Waals surface area contributed by atoms with Crippen LogP contribution in [0.3, 0.4) is 0 Å². The van der Waals surface area contributed by atoms with Gasteiger partial charge in [-0.3, -0.25) is 9.59 Å². The molecule has 0 unspecified atom stereocenters. The fourth-order valence-electron chi connectivity index (χ4n) is 2.89. The van der Waals surface area contributed by atoms with Gasteiger partial charge in [-0.05, 0) is 40.5 Å². The number of nitrogens with one attached hydrogen (secondary N) is 1. The summed E-state index contributed by atoms with van der Waals surface area (Å²) in [6, 6.07) is -0.0466. The largest absolute Gasteiger partial charge is 0.481 e. The minimum atomic E-state index is -0.971. The predicted octanol–water partition coefficient (Wildman–Crippen LogP) is 1.38. The molecule has 1 aliphatic rings. The first-order chi connectivity index (χ1) is 8.54. The van der Waals surface area contributed by atoms with E-state index in [9.17, 15) is 14.8 Å². The van der Waals surface area contributed by atoms with Gasteiger partial charge in [0.2, 0.25) is 5.91 Å². The molecule has 1 aliphatic heterocycles. The maximum Gasteiger partial charge on any atom is 0.303 e. The smallest absolute Gasteiger partial charge is 0.303 e. The van der Waals surface area contributed by atoms with E-state index in [2.05, 4.69) is 5.32 Å². The van der Waals surface area contributed by atoms with Crippen LogP contribution in [-0.2, 0) is 9.59 Å². The second-order valence-corrected chi connectivity index (χ2v) is 6.50. The van der Waals surface area contributed by atoms with Gasteiger partial charge in [0.25, 0.3) is 0 Å². The molecule has 0 aromatic rings. The van der Waals surface area contributed by atoms with Crippen molar-refractivity contribution in [2.75, 3.05) is 0 Å². The molecular formula is C13H24N2O4. The van der Waals surface area contributed by atoms with E-state index in [1.807, 2.05) is 27.7 Å². The number of hydrogen-bond donors (Lipinski definition) is 3. The summed E-state index contributed by atoms with van der Waals surface area (Å²) in [5.74, 6) is -1.22. The Balaban J connectivity index is 2.60. The molecule has 0 spiro atoms. The predicted molar refractivity (Wildman–Crippen MR) is 69.8 cm³/mol. The minimum absolute atomic E-state index is 0.00443. The molecule has 1 saturated heterocycles. The van der Waals surface area contributed by atoms with Gasteiger partial charge in [-0.2, -0.15) is 5.06 Å². The molecule has 110 valence electrons. The number of carbonyl (C=O) groups is 2. The molecule has 0 aliphatic carbocycles. The lowest BCUT2D eigenvalue weighted by Crippen LogP contribution is -2.62. The van der Waals surface area contributed by atoms with Crippen LogP contribution >= 0.6 is 0 Å². The van der Waals surface area contributed by atoms with Gasteiger partial charge < -0.3 is 15.6 Å². The van der Waals surface area contributed by atoms with E-state index < -0.39 is 17.0 Å². The van der Waals surface area contributed by atoms with Gasteiger partial charge in [0, 0.05) is 23.5 Å². The van der Waals surface area contributed by atoms with Gasteiger partial charge in [0.1, 0.15) is 0 Å². The van der Waals surface area contributed by atoms with Gasteiger partial charge in [0.05, 0.1) is 6.42 Å². The number of hydroxylamine groups is 2. The summed E-state index contributed by atoms with van der Waals surface area (Å²) >= 11 is 0. The third kappa shape index (κ3) is 4.18. The highest BCUT2D eigenvalue weighted by molar-refractivity contribution is 5.80. The van der Waals surface area contributed by atoms with E-state index in [1.165, 1.54) is 5.06 Å². The molecule has 19 heavy (non-hydrogen) atoms. The van der Waals surface area contributed by atoms with E-state index in [1.54, 1.807) is 0 Å². The molecule has 0 aromatic heterocycles. The number of aliphatic carboxylic acids is 1. The first-order valence-corrected chi connectivity index (χ1v) is 6.55. The highest BCUT2D eigenvalue weighted by Crippen LogP contribution is 2.36.